The predicted molar refractivity (Wildman–Crippen MR) is 122 cm³/mol. The molecule has 0 aliphatic carbocycles. The number of halogens is 3. The Bertz CT molecular complexity index is 1210. The van der Waals surface area contributed by atoms with Gasteiger partial charge in [-0.1, -0.05) is 36.3 Å². The van der Waals surface area contributed by atoms with Crippen LogP contribution in [0, 0.1) is 5.41 Å². The normalized spacial score (nSPS) is 18.1. The van der Waals surface area contributed by atoms with Crippen LogP contribution in [-0.4, -0.2) is 44.6 Å². The lowest BCUT2D eigenvalue weighted by Gasteiger charge is -2.52. The molecule has 3 heterocycles. The number of hydrogen-bond acceptors (Lipinski definition) is 7. The van der Waals surface area contributed by atoms with Gasteiger partial charge in [-0.3, -0.25) is 4.98 Å². The third-order valence-corrected chi connectivity index (χ3v) is 7.00. The lowest BCUT2D eigenvalue weighted by molar-refractivity contribution is -0.180. The number of benzene rings is 1. The second kappa shape index (κ2) is 8.11. The summed E-state index contributed by atoms with van der Waals surface area (Å²) < 4.78 is 45.8. The maximum Gasteiger partial charge on any atom is 0.397 e. The van der Waals surface area contributed by atoms with Gasteiger partial charge >= 0.3 is 6.18 Å². The first-order chi connectivity index (χ1) is 16.1. The van der Waals surface area contributed by atoms with E-state index in [4.69, 9.17) is 4.52 Å². The van der Waals surface area contributed by atoms with Gasteiger partial charge in [-0.05, 0) is 44.9 Å². The fraction of sp³-hybridized carbons (Fsp3) is 0.480. The molecule has 0 amide bonds. The Morgan fingerprint density at radius 3 is 2.03 bits per heavy atom. The first-order valence-corrected chi connectivity index (χ1v) is 11.2. The summed E-state index contributed by atoms with van der Waals surface area (Å²) in [6, 6.07) is 7.59. The number of alkyl halides is 3. The predicted octanol–water partition coefficient (Wildman–Crippen LogP) is 4.04. The SMILES string of the molecule is CC(C)(O)c1nc(-c2cncc([C@@](O)(c3ccc(C(C)(C)C(F)(F)F)cc3)C3(C)CNC3)c2)no1. The van der Waals surface area contributed by atoms with Crippen LogP contribution in [0.2, 0.25) is 0 Å². The Labute approximate surface area is 201 Å². The molecule has 7 nitrogen and oxygen atoms in total. The van der Waals surface area contributed by atoms with Crippen molar-refractivity contribution >= 4 is 0 Å². The van der Waals surface area contributed by atoms with Gasteiger partial charge in [-0.25, -0.2) is 0 Å². The largest absolute Gasteiger partial charge is 0.397 e. The zero-order chi connectivity index (χ0) is 25.9. The average Bonchev–Trinajstić information content (AvgIpc) is 3.27. The van der Waals surface area contributed by atoms with E-state index in [1.807, 2.05) is 6.92 Å². The van der Waals surface area contributed by atoms with E-state index in [1.54, 1.807) is 18.2 Å². The lowest BCUT2D eigenvalue weighted by Crippen LogP contribution is -2.63. The molecule has 1 aliphatic rings. The molecule has 0 spiro atoms. The zero-order valence-corrected chi connectivity index (χ0v) is 20.2. The third-order valence-electron chi connectivity index (χ3n) is 7.00. The van der Waals surface area contributed by atoms with Gasteiger partial charge in [-0.15, -0.1) is 0 Å². The van der Waals surface area contributed by atoms with Crippen molar-refractivity contribution in [2.75, 3.05) is 13.1 Å². The van der Waals surface area contributed by atoms with Crippen LogP contribution in [0.1, 0.15) is 57.2 Å². The van der Waals surface area contributed by atoms with Crippen molar-refractivity contribution in [3.63, 3.8) is 0 Å². The molecule has 1 aromatic carbocycles. The summed E-state index contributed by atoms with van der Waals surface area (Å²) in [6.07, 6.45) is -1.38. The Morgan fingerprint density at radius 2 is 1.54 bits per heavy atom. The van der Waals surface area contributed by atoms with Crippen LogP contribution in [0.3, 0.4) is 0 Å². The molecule has 0 saturated carbocycles. The molecule has 0 radical (unpaired) electrons. The molecule has 3 N–H and O–H groups in total. The Hall–Kier alpha value is -2.82. The quantitative estimate of drug-likeness (QED) is 0.479. The second-order valence-corrected chi connectivity index (χ2v) is 10.5. The number of pyridine rings is 1. The minimum absolute atomic E-state index is 0.0335. The van der Waals surface area contributed by atoms with Gasteiger partial charge in [0.25, 0.3) is 5.89 Å². The van der Waals surface area contributed by atoms with Gasteiger partial charge in [0.05, 0.1) is 5.41 Å². The van der Waals surface area contributed by atoms with E-state index in [2.05, 4.69) is 20.4 Å². The second-order valence-electron chi connectivity index (χ2n) is 10.5. The van der Waals surface area contributed by atoms with Crippen LogP contribution < -0.4 is 5.32 Å². The van der Waals surface area contributed by atoms with Gasteiger partial charge in [0.15, 0.2) is 0 Å². The minimum atomic E-state index is -4.42. The Kier molecular flexibility index (Phi) is 5.86. The summed E-state index contributed by atoms with van der Waals surface area (Å²) in [5.74, 6) is 0.226. The molecule has 4 rings (SSSR count). The van der Waals surface area contributed by atoms with Crippen LogP contribution in [0.5, 0.6) is 0 Å². The van der Waals surface area contributed by atoms with E-state index >= 15 is 0 Å². The van der Waals surface area contributed by atoms with Crippen LogP contribution in [0.4, 0.5) is 13.2 Å². The smallest absolute Gasteiger partial charge is 0.381 e. The van der Waals surface area contributed by atoms with Gasteiger partial charge < -0.3 is 20.1 Å². The number of nitrogens with zero attached hydrogens (tertiary/aromatic N) is 3. The van der Waals surface area contributed by atoms with E-state index in [0.29, 0.717) is 29.8 Å². The third kappa shape index (κ3) is 4.13. The molecule has 188 valence electrons. The summed E-state index contributed by atoms with van der Waals surface area (Å²) in [5, 5.41) is 29.4. The zero-order valence-electron chi connectivity index (χ0n) is 20.2. The molecule has 1 fully saturated rings. The fourth-order valence-corrected chi connectivity index (χ4v) is 4.26. The van der Waals surface area contributed by atoms with Gasteiger partial charge in [0.1, 0.15) is 11.2 Å². The molecule has 3 aromatic rings. The topological polar surface area (TPSA) is 104 Å². The van der Waals surface area contributed by atoms with Crippen molar-refractivity contribution in [3.05, 3.63) is 65.3 Å². The maximum absolute atomic E-state index is 13.6. The summed E-state index contributed by atoms with van der Waals surface area (Å²) in [7, 11) is 0. The molecule has 35 heavy (non-hydrogen) atoms. The van der Waals surface area contributed by atoms with Crippen molar-refractivity contribution in [2.24, 2.45) is 5.41 Å². The van der Waals surface area contributed by atoms with Crippen molar-refractivity contribution in [2.45, 2.75) is 57.4 Å². The molecule has 1 aliphatic heterocycles. The van der Waals surface area contributed by atoms with Crippen molar-refractivity contribution in [3.8, 4) is 11.4 Å². The Morgan fingerprint density at radius 1 is 0.943 bits per heavy atom. The molecular weight excluding hydrogens is 461 g/mol. The maximum atomic E-state index is 13.6. The summed E-state index contributed by atoms with van der Waals surface area (Å²) in [6.45, 7) is 8.20. The van der Waals surface area contributed by atoms with Crippen molar-refractivity contribution in [1.29, 1.82) is 0 Å². The molecule has 1 saturated heterocycles. The number of aliphatic hydroxyl groups is 2. The highest BCUT2D eigenvalue weighted by Crippen LogP contribution is 2.49. The Balaban J connectivity index is 1.79. The molecule has 0 unspecified atom stereocenters. The first-order valence-electron chi connectivity index (χ1n) is 11.2. The van der Waals surface area contributed by atoms with Crippen LogP contribution >= 0.6 is 0 Å². The number of hydrogen-bond donors (Lipinski definition) is 3. The highest BCUT2D eigenvalue weighted by atomic mass is 19.4. The lowest BCUT2D eigenvalue weighted by atomic mass is 9.62. The van der Waals surface area contributed by atoms with E-state index < -0.39 is 28.2 Å². The van der Waals surface area contributed by atoms with Crippen molar-refractivity contribution < 1.29 is 27.9 Å². The average molecular weight is 491 g/mol. The van der Waals surface area contributed by atoms with Crippen LogP contribution in [0.15, 0.2) is 47.2 Å². The van der Waals surface area contributed by atoms with E-state index in [-0.39, 0.29) is 17.3 Å². The monoisotopic (exact) mass is 490 g/mol. The minimum Gasteiger partial charge on any atom is -0.381 e. The molecule has 1 atom stereocenters. The molecule has 10 heteroatoms. The van der Waals surface area contributed by atoms with Crippen LogP contribution in [0.25, 0.3) is 11.4 Å². The first kappa shape index (κ1) is 25.3. The molecular formula is C25H29F3N4O3. The number of aromatic nitrogens is 3. The summed E-state index contributed by atoms with van der Waals surface area (Å²) >= 11 is 0. The number of rotatable bonds is 6. The summed E-state index contributed by atoms with van der Waals surface area (Å²) in [5.41, 5.74) is -4.12. The van der Waals surface area contributed by atoms with Gasteiger partial charge in [-0.2, -0.15) is 18.2 Å². The fourth-order valence-electron chi connectivity index (χ4n) is 4.26. The van der Waals surface area contributed by atoms with Gasteiger partial charge in [0.2, 0.25) is 5.82 Å². The van der Waals surface area contributed by atoms with Crippen LogP contribution in [-0.2, 0) is 16.6 Å². The van der Waals surface area contributed by atoms with Gasteiger partial charge in [0, 0.05) is 42.0 Å². The van der Waals surface area contributed by atoms with E-state index in [9.17, 15) is 23.4 Å². The van der Waals surface area contributed by atoms with Crippen molar-refractivity contribution in [1.82, 2.24) is 20.4 Å². The standard InChI is InChI=1S/C25H29F3N4O3/c1-21(2,25(26,27)28)16-6-8-17(9-7-16)24(34,23(5)13-30-14-23)18-10-15(11-29-12-18)19-31-20(35-32-19)22(3,4)33/h6-12,30,33-34H,13-14H2,1-5H3/t24-/m0/s1. The highest BCUT2D eigenvalue weighted by Gasteiger charge is 2.54. The highest BCUT2D eigenvalue weighted by molar-refractivity contribution is 5.56. The molecule has 0 bridgehead atoms. The summed E-state index contributed by atoms with van der Waals surface area (Å²) in [4.78, 5) is 8.51. The van der Waals surface area contributed by atoms with E-state index in [1.165, 1.54) is 38.4 Å². The number of nitrogens with one attached hydrogen (secondary N) is 1. The van der Waals surface area contributed by atoms with E-state index in [0.717, 1.165) is 13.8 Å². The molecule has 2 aromatic heterocycles.